The Labute approximate surface area is 169 Å². The molecular formula is C19H24N2O3S3. The van der Waals surface area contributed by atoms with Gasteiger partial charge in [-0.1, -0.05) is 24.3 Å². The number of carbonyl (C=O) groups is 1. The standard InChI is InChI=1S/C19H24N2O3S3/c22-19(20-11-5-15-25-17-6-2-1-3-7-17)16-9-12-21(13-10-16)27(23,24)18-8-4-14-26-18/h1-4,6-8,14,16H,5,9-13,15H2,(H,20,22). The first kappa shape index (κ1) is 20.4. The first-order valence-electron chi connectivity index (χ1n) is 9.06. The molecule has 0 radical (unpaired) electrons. The zero-order valence-electron chi connectivity index (χ0n) is 15.0. The van der Waals surface area contributed by atoms with Gasteiger partial charge in [-0.25, -0.2) is 8.42 Å². The van der Waals surface area contributed by atoms with E-state index in [0.717, 1.165) is 12.2 Å². The Morgan fingerprint density at radius 2 is 1.89 bits per heavy atom. The van der Waals surface area contributed by atoms with E-state index in [2.05, 4.69) is 17.4 Å². The molecule has 1 aliphatic rings. The Morgan fingerprint density at radius 3 is 2.56 bits per heavy atom. The molecule has 1 amide bonds. The summed E-state index contributed by atoms with van der Waals surface area (Å²) in [5, 5.41) is 4.77. The van der Waals surface area contributed by atoms with Gasteiger partial charge in [-0.05, 0) is 48.6 Å². The van der Waals surface area contributed by atoms with Crippen molar-refractivity contribution in [3.05, 3.63) is 47.8 Å². The zero-order chi connectivity index (χ0) is 19.1. The van der Waals surface area contributed by atoms with E-state index in [9.17, 15) is 13.2 Å². The van der Waals surface area contributed by atoms with Crippen molar-refractivity contribution in [2.75, 3.05) is 25.4 Å². The summed E-state index contributed by atoms with van der Waals surface area (Å²) in [7, 11) is -3.40. The van der Waals surface area contributed by atoms with Crippen molar-refractivity contribution in [2.24, 2.45) is 5.92 Å². The minimum atomic E-state index is -3.40. The van der Waals surface area contributed by atoms with Crippen LogP contribution in [0.1, 0.15) is 19.3 Å². The first-order chi connectivity index (χ1) is 13.1. The van der Waals surface area contributed by atoms with E-state index in [4.69, 9.17) is 0 Å². The monoisotopic (exact) mass is 424 g/mol. The topological polar surface area (TPSA) is 66.5 Å². The van der Waals surface area contributed by atoms with Crippen LogP contribution in [0.4, 0.5) is 0 Å². The van der Waals surface area contributed by atoms with Gasteiger partial charge in [-0.3, -0.25) is 4.79 Å². The van der Waals surface area contributed by atoms with E-state index in [-0.39, 0.29) is 11.8 Å². The molecular weight excluding hydrogens is 400 g/mol. The number of thioether (sulfide) groups is 1. The van der Waals surface area contributed by atoms with E-state index in [1.165, 1.54) is 20.5 Å². The van der Waals surface area contributed by atoms with Gasteiger partial charge in [-0.2, -0.15) is 4.31 Å². The molecule has 2 heterocycles. The number of sulfonamides is 1. The first-order valence-corrected chi connectivity index (χ1v) is 12.4. The molecule has 0 saturated carbocycles. The number of piperidine rings is 1. The van der Waals surface area contributed by atoms with Crippen LogP contribution in [0.25, 0.3) is 0 Å². The summed E-state index contributed by atoms with van der Waals surface area (Å²) < 4.78 is 26.9. The van der Waals surface area contributed by atoms with Gasteiger partial charge in [0.05, 0.1) is 0 Å². The predicted octanol–water partition coefficient (Wildman–Crippen LogP) is 3.45. The Hall–Kier alpha value is -1.35. The lowest BCUT2D eigenvalue weighted by atomic mass is 9.97. The summed E-state index contributed by atoms with van der Waals surface area (Å²) in [5.74, 6) is 0.913. The number of thiophene rings is 1. The minimum absolute atomic E-state index is 0.0490. The number of amides is 1. The molecule has 27 heavy (non-hydrogen) atoms. The van der Waals surface area contributed by atoms with Gasteiger partial charge in [0.25, 0.3) is 10.0 Å². The van der Waals surface area contributed by atoms with Crippen LogP contribution in [0, 0.1) is 5.92 Å². The smallest absolute Gasteiger partial charge is 0.252 e. The molecule has 1 aliphatic heterocycles. The summed E-state index contributed by atoms with van der Waals surface area (Å²) in [6.07, 6.45) is 2.07. The van der Waals surface area contributed by atoms with Crippen LogP contribution >= 0.6 is 23.1 Å². The van der Waals surface area contributed by atoms with Gasteiger partial charge in [-0.15, -0.1) is 23.1 Å². The van der Waals surface area contributed by atoms with E-state index in [0.29, 0.717) is 36.7 Å². The molecule has 1 saturated heterocycles. The second-order valence-corrected chi connectivity index (χ2v) is 10.7. The van der Waals surface area contributed by atoms with Gasteiger partial charge in [0.15, 0.2) is 0 Å². The maximum absolute atomic E-state index is 12.5. The highest BCUT2D eigenvalue weighted by Gasteiger charge is 2.32. The van der Waals surface area contributed by atoms with Crippen molar-refractivity contribution in [3.63, 3.8) is 0 Å². The van der Waals surface area contributed by atoms with Crippen molar-refractivity contribution in [2.45, 2.75) is 28.4 Å². The van der Waals surface area contributed by atoms with E-state index in [1.54, 1.807) is 29.3 Å². The lowest BCUT2D eigenvalue weighted by molar-refractivity contribution is -0.126. The molecule has 8 heteroatoms. The maximum atomic E-state index is 12.5. The largest absolute Gasteiger partial charge is 0.356 e. The summed E-state index contributed by atoms with van der Waals surface area (Å²) in [4.78, 5) is 13.6. The van der Waals surface area contributed by atoms with Crippen LogP contribution in [-0.2, 0) is 14.8 Å². The van der Waals surface area contributed by atoms with Crippen molar-refractivity contribution in [1.82, 2.24) is 9.62 Å². The fraction of sp³-hybridized carbons (Fsp3) is 0.421. The SMILES string of the molecule is O=C(NCCCSc1ccccc1)C1CCN(S(=O)(=O)c2cccs2)CC1. The Bertz CT molecular complexity index is 815. The second-order valence-electron chi connectivity index (χ2n) is 6.42. The molecule has 1 N–H and O–H groups in total. The van der Waals surface area contributed by atoms with Crippen molar-refractivity contribution in [3.8, 4) is 0 Å². The van der Waals surface area contributed by atoms with E-state index in [1.807, 2.05) is 18.2 Å². The minimum Gasteiger partial charge on any atom is -0.356 e. The molecule has 0 spiro atoms. The van der Waals surface area contributed by atoms with Gasteiger partial charge in [0.1, 0.15) is 4.21 Å². The second kappa shape index (κ2) is 9.73. The molecule has 3 rings (SSSR count). The summed E-state index contributed by atoms with van der Waals surface area (Å²) in [6, 6.07) is 13.6. The average Bonchev–Trinajstić information content (AvgIpc) is 3.24. The van der Waals surface area contributed by atoms with Gasteiger partial charge < -0.3 is 5.32 Å². The predicted molar refractivity (Wildman–Crippen MR) is 111 cm³/mol. The van der Waals surface area contributed by atoms with Crippen LogP contribution in [0.3, 0.4) is 0 Å². The molecule has 5 nitrogen and oxygen atoms in total. The van der Waals surface area contributed by atoms with Crippen LogP contribution in [0.2, 0.25) is 0 Å². The van der Waals surface area contributed by atoms with Gasteiger partial charge in [0.2, 0.25) is 5.91 Å². The highest BCUT2D eigenvalue weighted by Crippen LogP contribution is 2.26. The van der Waals surface area contributed by atoms with Crippen LogP contribution < -0.4 is 5.32 Å². The van der Waals surface area contributed by atoms with Crippen molar-refractivity contribution in [1.29, 1.82) is 0 Å². The summed E-state index contributed by atoms with van der Waals surface area (Å²) in [5.41, 5.74) is 0. The molecule has 0 unspecified atom stereocenters. The molecule has 1 aromatic carbocycles. The number of rotatable bonds is 8. The molecule has 0 bridgehead atoms. The third kappa shape index (κ3) is 5.57. The highest BCUT2D eigenvalue weighted by molar-refractivity contribution is 7.99. The van der Waals surface area contributed by atoms with Crippen LogP contribution in [0.5, 0.6) is 0 Å². The number of benzene rings is 1. The molecule has 0 atom stereocenters. The number of hydrogen-bond donors (Lipinski definition) is 1. The Morgan fingerprint density at radius 1 is 1.15 bits per heavy atom. The normalized spacial score (nSPS) is 16.3. The number of nitrogens with zero attached hydrogens (tertiary/aromatic N) is 1. The molecule has 2 aromatic rings. The van der Waals surface area contributed by atoms with E-state index >= 15 is 0 Å². The number of hydrogen-bond acceptors (Lipinski definition) is 5. The summed E-state index contributed by atoms with van der Waals surface area (Å²) in [6.45, 7) is 1.47. The lowest BCUT2D eigenvalue weighted by Gasteiger charge is -2.30. The fourth-order valence-corrected chi connectivity index (χ4v) is 6.52. The highest BCUT2D eigenvalue weighted by atomic mass is 32.2. The zero-order valence-corrected chi connectivity index (χ0v) is 17.5. The van der Waals surface area contributed by atoms with Gasteiger partial charge >= 0.3 is 0 Å². The fourth-order valence-electron chi connectivity index (χ4n) is 3.03. The number of nitrogens with one attached hydrogen (secondary N) is 1. The third-order valence-corrected chi connectivity index (χ3v) is 8.92. The Balaban J connectivity index is 1.36. The quantitative estimate of drug-likeness (QED) is 0.521. The number of carbonyl (C=O) groups excluding carboxylic acids is 1. The molecule has 1 fully saturated rings. The molecule has 146 valence electrons. The Kier molecular flexibility index (Phi) is 7.34. The van der Waals surface area contributed by atoms with Gasteiger partial charge in [0, 0.05) is 30.4 Å². The van der Waals surface area contributed by atoms with Crippen molar-refractivity contribution >= 4 is 39.0 Å². The molecule has 1 aromatic heterocycles. The van der Waals surface area contributed by atoms with Crippen LogP contribution in [-0.4, -0.2) is 44.0 Å². The van der Waals surface area contributed by atoms with E-state index < -0.39 is 10.0 Å². The molecule has 0 aliphatic carbocycles. The average molecular weight is 425 g/mol. The van der Waals surface area contributed by atoms with Crippen LogP contribution in [0.15, 0.2) is 56.9 Å². The lowest BCUT2D eigenvalue weighted by Crippen LogP contribution is -2.43. The summed E-state index contributed by atoms with van der Waals surface area (Å²) >= 11 is 3.02. The van der Waals surface area contributed by atoms with Crippen molar-refractivity contribution < 1.29 is 13.2 Å². The maximum Gasteiger partial charge on any atom is 0.252 e. The third-order valence-electron chi connectivity index (χ3n) is 4.55.